The molecule has 1 aliphatic heterocycles. The first-order valence-electron chi connectivity index (χ1n) is 9.18. The lowest BCUT2D eigenvalue weighted by atomic mass is 9.94. The van der Waals surface area contributed by atoms with Gasteiger partial charge in [-0.3, -0.25) is 9.59 Å². The summed E-state index contributed by atoms with van der Waals surface area (Å²) in [5, 5.41) is 2.59. The Morgan fingerprint density at radius 3 is 2.52 bits per heavy atom. The number of rotatable bonds is 4. The normalized spacial score (nSPS) is 21.6. The van der Waals surface area contributed by atoms with Gasteiger partial charge in [-0.1, -0.05) is 12.8 Å². The fraction of sp³-hybridized carbons (Fsp3) is 0.579. The third-order valence-corrected chi connectivity index (χ3v) is 5.33. The summed E-state index contributed by atoms with van der Waals surface area (Å²) in [6.45, 7) is 0.153. The van der Waals surface area contributed by atoms with Crippen LogP contribution < -0.4 is 5.32 Å². The van der Waals surface area contributed by atoms with E-state index >= 15 is 0 Å². The van der Waals surface area contributed by atoms with Gasteiger partial charge in [0, 0.05) is 25.6 Å². The van der Waals surface area contributed by atoms with Crippen LogP contribution in [0.2, 0.25) is 0 Å². The number of nitrogens with one attached hydrogen (secondary N) is 1. The van der Waals surface area contributed by atoms with E-state index in [0.717, 1.165) is 37.8 Å². The van der Waals surface area contributed by atoms with Gasteiger partial charge in [0.25, 0.3) is 0 Å². The van der Waals surface area contributed by atoms with Crippen LogP contribution in [0.4, 0.5) is 17.6 Å². The van der Waals surface area contributed by atoms with Crippen molar-refractivity contribution in [2.24, 2.45) is 5.92 Å². The predicted octanol–water partition coefficient (Wildman–Crippen LogP) is 3.64. The Kier molecular flexibility index (Phi) is 5.72. The van der Waals surface area contributed by atoms with E-state index in [2.05, 4.69) is 5.32 Å². The van der Waals surface area contributed by atoms with Crippen molar-refractivity contribution < 1.29 is 27.2 Å². The molecule has 1 heterocycles. The second kappa shape index (κ2) is 7.86. The highest BCUT2D eigenvalue weighted by Gasteiger charge is 2.35. The molecule has 2 fully saturated rings. The van der Waals surface area contributed by atoms with Crippen molar-refractivity contribution in [1.82, 2.24) is 10.2 Å². The third-order valence-electron chi connectivity index (χ3n) is 5.33. The number of halogens is 4. The van der Waals surface area contributed by atoms with Crippen molar-refractivity contribution in [2.75, 3.05) is 6.54 Å². The van der Waals surface area contributed by atoms with Gasteiger partial charge in [0.15, 0.2) is 0 Å². The largest absolute Gasteiger partial charge is 0.416 e. The van der Waals surface area contributed by atoms with Crippen molar-refractivity contribution >= 4 is 11.8 Å². The molecule has 0 spiro atoms. The monoisotopic (exact) mass is 386 g/mol. The fourth-order valence-electron chi connectivity index (χ4n) is 3.90. The highest BCUT2D eigenvalue weighted by Crippen LogP contribution is 2.31. The Hall–Kier alpha value is -2.12. The molecular weight excluding hydrogens is 364 g/mol. The summed E-state index contributed by atoms with van der Waals surface area (Å²) in [4.78, 5) is 26.4. The van der Waals surface area contributed by atoms with E-state index in [1.165, 1.54) is 0 Å². The number of piperidine rings is 1. The Labute approximate surface area is 154 Å². The van der Waals surface area contributed by atoms with Crippen LogP contribution in [-0.2, 0) is 22.3 Å². The average Bonchev–Trinajstić information content (AvgIpc) is 3.13. The Bertz CT molecular complexity index is 714. The van der Waals surface area contributed by atoms with E-state index in [4.69, 9.17) is 0 Å². The van der Waals surface area contributed by atoms with Crippen LogP contribution in [0.25, 0.3) is 0 Å². The van der Waals surface area contributed by atoms with Crippen molar-refractivity contribution in [3.05, 3.63) is 35.1 Å². The van der Waals surface area contributed by atoms with Crippen LogP contribution in [-0.4, -0.2) is 29.3 Å². The topological polar surface area (TPSA) is 49.4 Å². The molecule has 1 saturated heterocycles. The first-order chi connectivity index (χ1) is 12.7. The first kappa shape index (κ1) is 19.6. The summed E-state index contributed by atoms with van der Waals surface area (Å²) in [5.41, 5.74) is -1.03. The molecule has 4 nitrogen and oxygen atoms in total. The van der Waals surface area contributed by atoms with E-state index in [9.17, 15) is 27.2 Å². The number of likely N-dealkylation sites (tertiary alicyclic amines) is 1. The predicted molar refractivity (Wildman–Crippen MR) is 89.9 cm³/mol. The van der Waals surface area contributed by atoms with E-state index in [-0.39, 0.29) is 35.9 Å². The maximum atomic E-state index is 13.4. The zero-order chi connectivity index (χ0) is 19.6. The van der Waals surface area contributed by atoms with Crippen molar-refractivity contribution in [3.8, 4) is 0 Å². The smallest absolute Gasteiger partial charge is 0.352 e. The number of benzene rings is 1. The summed E-state index contributed by atoms with van der Waals surface area (Å²) in [5.74, 6) is -1.64. The van der Waals surface area contributed by atoms with Gasteiger partial charge in [-0.25, -0.2) is 4.39 Å². The van der Waals surface area contributed by atoms with Crippen LogP contribution in [0.1, 0.15) is 49.7 Å². The molecule has 0 unspecified atom stereocenters. The molecule has 1 aliphatic carbocycles. The van der Waals surface area contributed by atoms with Gasteiger partial charge in [-0.05, 0) is 43.0 Å². The minimum atomic E-state index is -4.65. The molecule has 2 amide bonds. The van der Waals surface area contributed by atoms with Crippen molar-refractivity contribution in [2.45, 2.75) is 57.3 Å². The van der Waals surface area contributed by atoms with Crippen LogP contribution in [0.15, 0.2) is 18.2 Å². The lowest BCUT2D eigenvalue weighted by Crippen LogP contribution is -2.49. The van der Waals surface area contributed by atoms with Crippen LogP contribution >= 0.6 is 0 Å². The number of hydrogen-bond acceptors (Lipinski definition) is 2. The van der Waals surface area contributed by atoms with Gasteiger partial charge in [-0.15, -0.1) is 0 Å². The molecule has 148 valence electrons. The average molecular weight is 386 g/mol. The summed E-state index contributed by atoms with van der Waals surface area (Å²) in [6, 6.07) is 2.42. The van der Waals surface area contributed by atoms with Gasteiger partial charge in [0.1, 0.15) is 5.82 Å². The van der Waals surface area contributed by atoms with Gasteiger partial charge < -0.3 is 10.2 Å². The molecule has 27 heavy (non-hydrogen) atoms. The maximum Gasteiger partial charge on any atom is 0.416 e. The highest BCUT2D eigenvalue weighted by atomic mass is 19.4. The number of alkyl halides is 3. The second-order valence-corrected chi connectivity index (χ2v) is 7.28. The SMILES string of the molecule is O=C(NCc1cc(F)cc(C(F)(F)F)c1)[C@H]1CCC(=O)N(C2CCCC2)C1. The summed E-state index contributed by atoms with van der Waals surface area (Å²) < 4.78 is 51.8. The molecule has 1 aromatic rings. The number of amides is 2. The molecule has 3 rings (SSSR count). The minimum Gasteiger partial charge on any atom is -0.352 e. The Balaban J connectivity index is 1.60. The van der Waals surface area contributed by atoms with Crippen LogP contribution in [0.3, 0.4) is 0 Å². The molecule has 1 aromatic carbocycles. The lowest BCUT2D eigenvalue weighted by Gasteiger charge is -2.36. The highest BCUT2D eigenvalue weighted by molar-refractivity contribution is 5.84. The zero-order valence-corrected chi connectivity index (χ0v) is 14.8. The van der Waals surface area contributed by atoms with E-state index in [0.29, 0.717) is 25.5 Å². The number of nitrogens with zero attached hydrogens (tertiary/aromatic N) is 1. The molecule has 1 saturated carbocycles. The van der Waals surface area contributed by atoms with Gasteiger partial charge in [0.2, 0.25) is 11.8 Å². The number of hydrogen-bond donors (Lipinski definition) is 1. The molecule has 0 bridgehead atoms. The molecule has 0 radical (unpaired) electrons. The van der Waals surface area contributed by atoms with Gasteiger partial charge in [0.05, 0.1) is 11.5 Å². The van der Waals surface area contributed by atoms with Crippen LogP contribution in [0.5, 0.6) is 0 Å². The van der Waals surface area contributed by atoms with E-state index in [1.807, 2.05) is 0 Å². The van der Waals surface area contributed by atoms with Crippen molar-refractivity contribution in [1.29, 1.82) is 0 Å². The van der Waals surface area contributed by atoms with Crippen LogP contribution in [0, 0.1) is 11.7 Å². The fourth-order valence-corrected chi connectivity index (χ4v) is 3.90. The standard InChI is InChI=1S/C19H22F4N2O2/c20-15-8-12(7-14(9-15)19(21,22)23)10-24-18(27)13-5-6-17(26)25(11-13)16-3-1-2-4-16/h7-9,13,16H,1-6,10-11H2,(H,24,27)/t13-/m0/s1. The molecular formula is C19H22F4N2O2. The minimum absolute atomic E-state index is 0.0511. The summed E-state index contributed by atoms with van der Waals surface area (Å²) in [6.07, 6.45) is 0.121. The molecule has 1 atom stereocenters. The molecule has 0 aromatic heterocycles. The summed E-state index contributed by atoms with van der Waals surface area (Å²) in [7, 11) is 0. The van der Waals surface area contributed by atoms with E-state index in [1.54, 1.807) is 4.90 Å². The zero-order valence-electron chi connectivity index (χ0n) is 14.8. The molecule has 2 aliphatic rings. The first-order valence-corrected chi connectivity index (χ1v) is 9.18. The van der Waals surface area contributed by atoms with Crippen molar-refractivity contribution in [3.63, 3.8) is 0 Å². The second-order valence-electron chi connectivity index (χ2n) is 7.28. The third kappa shape index (κ3) is 4.78. The molecule has 8 heteroatoms. The number of carbonyl (C=O) groups excluding carboxylic acids is 2. The quantitative estimate of drug-likeness (QED) is 0.804. The Morgan fingerprint density at radius 2 is 1.85 bits per heavy atom. The van der Waals surface area contributed by atoms with Gasteiger partial charge in [-0.2, -0.15) is 13.2 Å². The summed E-state index contributed by atoms with van der Waals surface area (Å²) >= 11 is 0. The number of carbonyl (C=O) groups is 2. The van der Waals surface area contributed by atoms with E-state index < -0.39 is 17.6 Å². The maximum absolute atomic E-state index is 13.4. The lowest BCUT2D eigenvalue weighted by molar-refractivity contribution is -0.140. The van der Waals surface area contributed by atoms with Gasteiger partial charge >= 0.3 is 6.18 Å². The Morgan fingerprint density at radius 1 is 1.15 bits per heavy atom. The molecule has 1 N–H and O–H groups in total.